The number of sulfonamides is 1. The molecular weight excluding hydrogens is 639 g/mol. The first-order valence-corrected chi connectivity index (χ1v) is 16.5. The van der Waals surface area contributed by atoms with Crippen LogP contribution in [0.4, 0.5) is 0 Å². The summed E-state index contributed by atoms with van der Waals surface area (Å²) in [5.74, 6) is -0.241. The second-order valence-corrected chi connectivity index (χ2v) is 14.3. The Kier molecular flexibility index (Phi) is 7.67. The van der Waals surface area contributed by atoms with Crippen LogP contribution in [0.3, 0.4) is 0 Å². The minimum Gasteiger partial charge on any atom is -0.311 e. The smallest absolute Gasteiger partial charge is 0.267 e. The molecule has 0 N–H and O–H groups in total. The van der Waals surface area contributed by atoms with Crippen LogP contribution in [0.15, 0.2) is 63.9 Å². The molecule has 2 unspecified atom stereocenters. The van der Waals surface area contributed by atoms with E-state index in [4.69, 9.17) is 23.2 Å². The standard InChI is InChI=1S/C28H29BrCl2N4O4S/c29-19-6-4-18(5-7-19)14-23-27(36)33(21-9-10-21)17-26-34(40(38,39)25-11-8-20(30)15-22(25)31)16-24(28(37)35(23)26)32-12-2-1-3-13-32/h4-8,11,15,17,21,23-24H,1-3,9-10,12-14,16H2. The van der Waals surface area contributed by atoms with Crippen LogP contribution in [0.5, 0.6) is 0 Å². The number of fused-ring (bicyclic) bond motifs is 1. The van der Waals surface area contributed by atoms with E-state index in [0.29, 0.717) is 18.1 Å². The zero-order valence-electron chi connectivity index (χ0n) is 21.7. The highest BCUT2D eigenvalue weighted by atomic mass is 79.9. The molecule has 40 heavy (non-hydrogen) atoms. The minimum atomic E-state index is -4.21. The van der Waals surface area contributed by atoms with Crippen molar-refractivity contribution in [2.75, 3.05) is 19.6 Å². The lowest BCUT2D eigenvalue weighted by atomic mass is 9.98. The lowest BCUT2D eigenvalue weighted by Gasteiger charge is -2.50. The maximum Gasteiger partial charge on any atom is 0.267 e. The van der Waals surface area contributed by atoms with Gasteiger partial charge in [0.15, 0.2) is 0 Å². The van der Waals surface area contributed by atoms with Crippen LogP contribution in [0.2, 0.25) is 10.0 Å². The second-order valence-electron chi connectivity index (χ2n) is 10.7. The van der Waals surface area contributed by atoms with Crippen LogP contribution >= 0.6 is 39.1 Å². The molecule has 1 saturated carbocycles. The minimum absolute atomic E-state index is 0.00317. The van der Waals surface area contributed by atoms with Gasteiger partial charge in [-0.15, -0.1) is 0 Å². The van der Waals surface area contributed by atoms with E-state index in [0.717, 1.165) is 42.1 Å². The third-order valence-electron chi connectivity index (χ3n) is 8.05. The van der Waals surface area contributed by atoms with E-state index in [1.165, 1.54) is 27.4 Å². The van der Waals surface area contributed by atoms with Gasteiger partial charge < -0.3 is 4.90 Å². The van der Waals surface area contributed by atoms with Gasteiger partial charge in [-0.25, -0.2) is 12.7 Å². The Morgan fingerprint density at radius 3 is 2.27 bits per heavy atom. The summed E-state index contributed by atoms with van der Waals surface area (Å²) >= 11 is 15.9. The Bertz CT molecular complexity index is 1480. The van der Waals surface area contributed by atoms with Gasteiger partial charge in [0.05, 0.1) is 11.6 Å². The molecule has 212 valence electrons. The Balaban J connectivity index is 1.48. The summed E-state index contributed by atoms with van der Waals surface area (Å²) < 4.78 is 30.7. The van der Waals surface area contributed by atoms with E-state index in [9.17, 15) is 18.0 Å². The number of nitrogens with zero attached hydrogens (tertiary/aromatic N) is 4. The SMILES string of the molecule is O=C1C(Cc2ccc(Br)cc2)N2C(=O)C(N3CCCCC3)CN(S(=O)(=O)c3ccc(Cl)cc3Cl)C2=CN1C1CC1. The highest BCUT2D eigenvalue weighted by Crippen LogP contribution is 2.40. The molecule has 2 saturated heterocycles. The zero-order chi connectivity index (χ0) is 28.2. The molecule has 6 rings (SSSR count). The molecule has 12 heteroatoms. The van der Waals surface area contributed by atoms with E-state index in [-0.39, 0.29) is 46.6 Å². The van der Waals surface area contributed by atoms with Gasteiger partial charge in [-0.2, -0.15) is 0 Å². The zero-order valence-corrected chi connectivity index (χ0v) is 25.6. The fourth-order valence-corrected chi connectivity index (χ4v) is 8.29. The van der Waals surface area contributed by atoms with E-state index < -0.39 is 22.1 Å². The maximum atomic E-state index is 14.3. The van der Waals surface area contributed by atoms with Crippen molar-refractivity contribution in [1.82, 2.24) is 19.0 Å². The molecule has 2 aromatic carbocycles. The first-order valence-electron chi connectivity index (χ1n) is 13.5. The molecule has 8 nitrogen and oxygen atoms in total. The van der Waals surface area contributed by atoms with Gasteiger partial charge in [0.25, 0.3) is 10.0 Å². The van der Waals surface area contributed by atoms with Crippen molar-refractivity contribution in [2.45, 2.75) is 61.5 Å². The quantitative estimate of drug-likeness (QED) is 0.440. The van der Waals surface area contributed by atoms with Crippen LogP contribution < -0.4 is 0 Å². The predicted octanol–water partition coefficient (Wildman–Crippen LogP) is 4.86. The third-order valence-corrected chi connectivity index (χ3v) is 11.1. The van der Waals surface area contributed by atoms with E-state index in [2.05, 4.69) is 20.8 Å². The number of rotatable bonds is 6. The number of amides is 2. The van der Waals surface area contributed by atoms with Gasteiger partial charge in [0.1, 0.15) is 22.8 Å². The summed E-state index contributed by atoms with van der Waals surface area (Å²) in [7, 11) is -4.21. The summed E-state index contributed by atoms with van der Waals surface area (Å²) in [5, 5.41) is 0.325. The Morgan fingerprint density at radius 2 is 1.62 bits per heavy atom. The van der Waals surface area contributed by atoms with Crippen molar-refractivity contribution in [3.63, 3.8) is 0 Å². The molecule has 0 bridgehead atoms. The number of benzene rings is 2. The first-order chi connectivity index (χ1) is 19.1. The van der Waals surface area contributed by atoms with Crippen LogP contribution in [-0.2, 0) is 26.0 Å². The monoisotopic (exact) mass is 666 g/mol. The number of carbonyl (C=O) groups is 2. The molecule has 4 aliphatic rings. The lowest BCUT2D eigenvalue weighted by Crippen LogP contribution is -2.67. The average Bonchev–Trinajstić information content (AvgIpc) is 3.77. The Morgan fingerprint density at radius 1 is 0.925 bits per heavy atom. The van der Waals surface area contributed by atoms with Gasteiger partial charge >= 0.3 is 0 Å². The lowest BCUT2D eigenvalue weighted by molar-refractivity contribution is -0.152. The fraction of sp³-hybridized carbons (Fsp3) is 0.429. The van der Waals surface area contributed by atoms with Crippen molar-refractivity contribution >= 4 is 61.0 Å². The molecular formula is C28H29BrCl2N4O4S. The summed E-state index contributed by atoms with van der Waals surface area (Å²) in [6, 6.07) is 10.3. The molecule has 2 atom stereocenters. The molecule has 3 fully saturated rings. The second kappa shape index (κ2) is 10.9. The van der Waals surface area contributed by atoms with Crippen molar-refractivity contribution in [1.29, 1.82) is 0 Å². The number of halogens is 3. The average molecular weight is 668 g/mol. The highest BCUT2D eigenvalue weighted by Gasteiger charge is 2.52. The van der Waals surface area contributed by atoms with Crippen molar-refractivity contribution in [3.8, 4) is 0 Å². The molecule has 0 aromatic heterocycles. The van der Waals surface area contributed by atoms with Gasteiger partial charge in [-0.1, -0.05) is 57.7 Å². The van der Waals surface area contributed by atoms with Crippen LogP contribution in [0, 0.1) is 0 Å². The van der Waals surface area contributed by atoms with Crippen molar-refractivity contribution < 1.29 is 18.0 Å². The maximum absolute atomic E-state index is 14.3. The predicted molar refractivity (Wildman–Crippen MR) is 156 cm³/mol. The topological polar surface area (TPSA) is 81.2 Å². The van der Waals surface area contributed by atoms with E-state index >= 15 is 0 Å². The van der Waals surface area contributed by atoms with Gasteiger partial charge in [-0.3, -0.25) is 19.4 Å². The number of piperidine rings is 1. The third kappa shape index (κ3) is 5.17. The van der Waals surface area contributed by atoms with Gasteiger partial charge in [-0.05, 0) is 74.7 Å². The van der Waals surface area contributed by atoms with E-state index in [1.807, 2.05) is 24.3 Å². The summed E-state index contributed by atoms with van der Waals surface area (Å²) in [4.78, 5) is 33.3. The number of hydrogen-bond donors (Lipinski definition) is 0. The van der Waals surface area contributed by atoms with Gasteiger partial charge in [0.2, 0.25) is 11.8 Å². The molecule has 0 spiro atoms. The molecule has 2 aromatic rings. The number of likely N-dealkylation sites (tertiary alicyclic amines) is 1. The van der Waals surface area contributed by atoms with Crippen LogP contribution in [0.1, 0.15) is 37.7 Å². The summed E-state index contributed by atoms with van der Waals surface area (Å²) in [6.07, 6.45) is 6.42. The molecule has 3 aliphatic heterocycles. The fourth-order valence-electron chi connectivity index (χ4n) is 5.82. The Hall–Kier alpha value is -2.11. The molecule has 1 aliphatic carbocycles. The first kappa shape index (κ1) is 28.0. The number of carbonyl (C=O) groups excluding carboxylic acids is 2. The van der Waals surface area contributed by atoms with Crippen molar-refractivity contribution in [2.24, 2.45) is 0 Å². The van der Waals surface area contributed by atoms with E-state index in [1.54, 1.807) is 11.1 Å². The normalized spacial score (nSPS) is 24.3. The highest BCUT2D eigenvalue weighted by molar-refractivity contribution is 9.10. The van der Waals surface area contributed by atoms with Crippen molar-refractivity contribution in [3.05, 3.63) is 74.6 Å². The largest absolute Gasteiger partial charge is 0.311 e. The van der Waals surface area contributed by atoms with Gasteiger partial charge in [0, 0.05) is 28.2 Å². The molecule has 3 heterocycles. The number of hydrogen-bond acceptors (Lipinski definition) is 5. The summed E-state index contributed by atoms with van der Waals surface area (Å²) in [5.41, 5.74) is 0.876. The molecule has 0 radical (unpaired) electrons. The summed E-state index contributed by atoms with van der Waals surface area (Å²) in [6.45, 7) is 1.33. The van der Waals surface area contributed by atoms with Crippen LogP contribution in [0.25, 0.3) is 0 Å². The molecule has 2 amide bonds. The Labute approximate surface area is 252 Å². The van der Waals surface area contributed by atoms with Crippen LogP contribution in [-0.4, -0.2) is 77.0 Å².